The van der Waals surface area contributed by atoms with Crippen LogP contribution in [0.3, 0.4) is 0 Å². The van der Waals surface area contributed by atoms with Gasteiger partial charge in [0.15, 0.2) is 22.8 Å². The summed E-state index contributed by atoms with van der Waals surface area (Å²) >= 11 is 0. The fourth-order valence-corrected chi connectivity index (χ4v) is 9.91. The molecule has 2 aromatic rings. The van der Waals surface area contributed by atoms with Crippen LogP contribution >= 0.6 is 0 Å². The molecule has 8 rings (SSSR count). The van der Waals surface area contributed by atoms with Crippen LogP contribution in [-0.4, -0.2) is 65.2 Å². The van der Waals surface area contributed by atoms with Crippen molar-refractivity contribution in [2.24, 2.45) is 23.7 Å². The Morgan fingerprint density at radius 2 is 1.61 bits per heavy atom. The summed E-state index contributed by atoms with van der Waals surface area (Å²) in [5, 5.41) is 0. The van der Waals surface area contributed by atoms with E-state index in [4.69, 9.17) is 33.2 Å². The van der Waals surface area contributed by atoms with Crippen molar-refractivity contribution in [2.45, 2.75) is 94.8 Å². The molecule has 0 amide bonds. The normalized spacial score (nSPS) is 42.4. The molecule has 0 N–H and O–H groups in total. The lowest BCUT2D eigenvalue weighted by Gasteiger charge is -2.61. The summed E-state index contributed by atoms with van der Waals surface area (Å²) in [5.41, 5.74) is -1.92. The second-order valence-electron chi connectivity index (χ2n) is 15.0. The maximum atomic E-state index is 14.7. The molecule has 10 nitrogen and oxygen atoms in total. The van der Waals surface area contributed by atoms with Crippen molar-refractivity contribution >= 4 is 17.7 Å². The van der Waals surface area contributed by atoms with Gasteiger partial charge in [-0.2, -0.15) is 0 Å². The van der Waals surface area contributed by atoms with E-state index in [1.165, 1.54) is 6.92 Å². The minimum Gasteiger partial charge on any atom is -0.459 e. The van der Waals surface area contributed by atoms with Gasteiger partial charge in [0.05, 0.1) is 11.2 Å². The molecular formula is C39H42O10. The number of fused-ring (bicyclic) bond motifs is 1. The van der Waals surface area contributed by atoms with E-state index in [0.717, 1.165) is 0 Å². The monoisotopic (exact) mass is 670 g/mol. The Balaban J connectivity index is 1.38. The quantitative estimate of drug-likeness (QED) is 0.292. The van der Waals surface area contributed by atoms with Gasteiger partial charge >= 0.3 is 17.9 Å². The van der Waals surface area contributed by atoms with Crippen molar-refractivity contribution in [3.05, 3.63) is 95.6 Å². The van der Waals surface area contributed by atoms with Gasteiger partial charge in [0.1, 0.15) is 24.9 Å². The molecular weight excluding hydrogens is 628 g/mol. The Morgan fingerprint density at radius 1 is 0.939 bits per heavy atom. The van der Waals surface area contributed by atoms with Gasteiger partial charge in [-0.1, -0.05) is 75.0 Å². The van der Waals surface area contributed by atoms with Crippen LogP contribution < -0.4 is 0 Å². The summed E-state index contributed by atoms with van der Waals surface area (Å²) in [5.74, 6) is -6.17. The molecule has 1 spiro atoms. The fraction of sp³-hybridized carbons (Fsp3) is 0.513. The summed E-state index contributed by atoms with van der Waals surface area (Å²) < 4.78 is 47.1. The van der Waals surface area contributed by atoms with Crippen LogP contribution in [0.1, 0.15) is 63.9 Å². The van der Waals surface area contributed by atoms with Crippen molar-refractivity contribution in [1.82, 2.24) is 0 Å². The number of hydrogen-bond donors (Lipinski definition) is 0. The van der Waals surface area contributed by atoms with Crippen LogP contribution in [0.5, 0.6) is 0 Å². The molecule has 258 valence electrons. The summed E-state index contributed by atoms with van der Waals surface area (Å²) in [6.07, 6.45) is -0.180. The van der Waals surface area contributed by atoms with Gasteiger partial charge in [-0.15, -0.1) is 0 Å². The van der Waals surface area contributed by atoms with E-state index in [0.29, 0.717) is 28.7 Å². The lowest BCUT2D eigenvalue weighted by atomic mass is 9.53. The highest BCUT2D eigenvalue weighted by molar-refractivity contribution is 5.94. The lowest BCUT2D eigenvalue weighted by molar-refractivity contribution is -0.437. The summed E-state index contributed by atoms with van der Waals surface area (Å²) in [6, 6.07) is 18.1. The van der Waals surface area contributed by atoms with E-state index >= 15 is 0 Å². The van der Waals surface area contributed by atoms with E-state index in [9.17, 15) is 14.4 Å². The number of rotatable bonds is 6. The van der Waals surface area contributed by atoms with Crippen LogP contribution in [-0.2, 0) is 48.7 Å². The topological polar surface area (TPSA) is 116 Å². The van der Waals surface area contributed by atoms with Crippen LogP contribution in [0.4, 0.5) is 0 Å². The number of carbonyl (C=O) groups excluding carboxylic acids is 3. The highest BCUT2D eigenvalue weighted by Crippen LogP contribution is 2.72. The van der Waals surface area contributed by atoms with Gasteiger partial charge in [0.2, 0.25) is 0 Å². The average molecular weight is 671 g/mol. The molecule has 3 heterocycles. The Morgan fingerprint density at radius 3 is 2.27 bits per heavy atom. The van der Waals surface area contributed by atoms with Gasteiger partial charge in [0, 0.05) is 36.2 Å². The Kier molecular flexibility index (Phi) is 7.08. The molecule has 0 radical (unpaired) electrons. The van der Waals surface area contributed by atoms with Crippen LogP contribution in [0.2, 0.25) is 0 Å². The first-order valence-electron chi connectivity index (χ1n) is 17.0. The second-order valence-corrected chi connectivity index (χ2v) is 15.0. The van der Waals surface area contributed by atoms with Crippen molar-refractivity contribution in [2.75, 3.05) is 6.61 Å². The Hall–Kier alpha value is -3.67. The molecule has 11 atom stereocenters. The minimum absolute atomic E-state index is 0.117. The molecule has 3 bridgehead atoms. The molecule has 0 aromatic heterocycles. The zero-order valence-corrected chi connectivity index (χ0v) is 28.6. The second kappa shape index (κ2) is 10.7. The molecule has 49 heavy (non-hydrogen) atoms. The third kappa shape index (κ3) is 4.21. The first kappa shape index (κ1) is 32.5. The summed E-state index contributed by atoms with van der Waals surface area (Å²) in [6.45, 7) is 14.9. The van der Waals surface area contributed by atoms with E-state index in [2.05, 4.69) is 6.58 Å². The van der Waals surface area contributed by atoms with E-state index < -0.39 is 82.5 Å². The molecule has 2 aromatic carbocycles. The number of esters is 2. The molecule has 10 heteroatoms. The zero-order valence-electron chi connectivity index (χ0n) is 28.6. The summed E-state index contributed by atoms with van der Waals surface area (Å²) in [4.78, 5) is 40.9. The van der Waals surface area contributed by atoms with E-state index in [1.54, 1.807) is 38.1 Å². The molecule has 3 aliphatic carbocycles. The zero-order chi connectivity index (χ0) is 34.7. The smallest absolute Gasteiger partial charge is 0.338 e. The van der Waals surface area contributed by atoms with Crippen molar-refractivity contribution in [1.29, 1.82) is 0 Å². The van der Waals surface area contributed by atoms with Gasteiger partial charge < -0.3 is 33.2 Å². The van der Waals surface area contributed by atoms with E-state index in [-0.39, 0.29) is 12.4 Å². The van der Waals surface area contributed by atoms with Gasteiger partial charge in [-0.25, -0.2) is 4.79 Å². The largest absolute Gasteiger partial charge is 0.459 e. The number of Topliss-reactive ketones (excluding diaryl/α,β-unsaturated/α-hetero) is 1. The Bertz CT molecular complexity index is 1770. The molecule has 3 aliphatic heterocycles. The first-order chi connectivity index (χ1) is 23.2. The number of ketones is 1. The number of carbonyl (C=O) groups is 3. The van der Waals surface area contributed by atoms with Crippen LogP contribution in [0.15, 0.2) is 84.5 Å². The SMILES string of the molecule is C=C(C)[C@@]12OC3(c4ccccc4)O[C@@H]1[C@@H]1C=C(COC(=O)c4ccccc4)[C@H]4OC(C)(C)O[C@]45C(=O)[C@@H](C)C[C@H]5[C@@]1(O3)[C@H](C)[C@H]2OC(C)=O. The highest BCUT2D eigenvalue weighted by atomic mass is 16.9. The maximum Gasteiger partial charge on any atom is 0.338 e. The standard InChI is InChI=1S/C39H42O10/c1-21(2)36-31(44-24(5)40)23(4)37-28(33(36)46-39(48-36,49-37)27-16-12-9-13-17-27)19-26(20-43-34(42)25-14-10-8-11-15-25)32-38(47-35(6,7)45-32)29(37)18-22(3)30(38)41/h8-17,19,22-23,28-29,31-33H,1,18,20H2,2-7H3/t22-,23+,28-,29-,31+,32+,33+,36-,37+,38+,39?/m0/s1. The average Bonchev–Trinajstić information content (AvgIpc) is 3.59. The van der Waals surface area contributed by atoms with Gasteiger partial charge in [0.25, 0.3) is 0 Å². The summed E-state index contributed by atoms with van der Waals surface area (Å²) in [7, 11) is 0. The fourth-order valence-electron chi connectivity index (χ4n) is 9.91. The predicted octanol–water partition coefficient (Wildman–Crippen LogP) is 5.41. The predicted molar refractivity (Wildman–Crippen MR) is 174 cm³/mol. The van der Waals surface area contributed by atoms with Crippen molar-refractivity contribution in [3.8, 4) is 0 Å². The Labute approximate surface area is 285 Å². The lowest BCUT2D eigenvalue weighted by Crippen LogP contribution is -2.75. The van der Waals surface area contributed by atoms with E-state index in [1.807, 2.05) is 63.2 Å². The molecule has 1 unspecified atom stereocenters. The third-order valence-electron chi connectivity index (χ3n) is 11.6. The van der Waals surface area contributed by atoms with Crippen LogP contribution in [0, 0.1) is 23.7 Å². The molecule has 6 aliphatic rings. The van der Waals surface area contributed by atoms with Gasteiger partial charge in [-0.05, 0) is 50.5 Å². The number of ether oxygens (including phenoxy) is 7. The highest BCUT2D eigenvalue weighted by Gasteiger charge is 2.85. The van der Waals surface area contributed by atoms with Crippen molar-refractivity contribution in [3.63, 3.8) is 0 Å². The van der Waals surface area contributed by atoms with Crippen molar-refractivity contribution < 1.29 is 47.5 Å². The number of hydrogen-bond acceptors (Lipinski definition) is 10. The number of benzene rings is 2. The maximum absolute atomic E-state index is 14.7. The minimum atomic E-state index is -1.72. The third-order valence-corrected chi connectivity index (χ3v) is 11.6. The van der Waals surface area contributed by atoms with Crippen LogP contribution in [0.25, 0.3) is 0 Å². The van der Waals surface area contributed by atoms with Gasteiger partial charge in [-0.3, -0.25) is 9.59 Å². The molecule has 3 saturated heterocycles. The first-order valence-corrected chi connectivity index (χ1v) is 17.0. The molecule has 2 saturated carbocycles. The molecule has 5 fully saturated rings.